The fourth-order valence-electron chi connectivity index (χ4n) is 2.93. The number of hydrogen-bond donors (Lipinski definition) is 1. The summed E-state index contributed by atoms with van der Waals surface area (Å²) in [6.45, 7) is 12.7. The van der Waals surface area contributed by atoms with Crippen molar-refractivity contribution < 1.29 is 8.85 Å². The van der Waals surface area contributed by atoms with Crippen LogP contribution in [-0.4, -0.2) is 18.1 Å². The fourth-order valence-corrected chi connectivity index (χ4v) is 4.59. The first-order chi connectivity index (χ1) is 12.9. The minimum Gasteiger partial charge on any atom is -0.411 e. The van der Waals surface area contributed by atoms with Gasteiger partial charge in [0.1, 0.15) is 0 Å². The van der Waals surface area contributed by atoms with Crippen molar-refractivity contribution in [3.05, 3.63) is 59.7 Å². The van der Waals surface area contributed by atoms with Gasteiger partial charge < -0.3 is 8.85 Å². The Morgan fingerprint density at radius 1 is 0.815 bits per heavy atom. The van der Waals surface area contributed by atoms with Gasteiger partial charge in [-0.15, -0.1) is 5.11 Å². The summed E-state index contributed by atoms with van der Waals surface area (Å²) in [5.74, 6) is 0. The van der Waals surface area contributed by atoms with E-state index < -0.39 is 18.1 Å². The van der Waals surface area contributed by atoms with E-state index in [0.29, 0.717) is 0 Å². The van der Waals surface area contributed by atoms with Crippen LogP contribution in [-0.2, 0) is 8.85 Å². The minimum absolute atomic E-state index is 0.00319. The third kappa shape index (κ3) is 6.69. The molecule has 0 aromatic heterocycles. The van der Waals surface area contributed by atoms with Crippen LogP contribution in [0.4, 0.5) is 11.4 Å². The second-order valence-electron chi connectivity index (χ2n) is 6.79. The number of benzene rings is 2. The zero-order valence-electron chi connectivity index (χ0n) is 17.0. The quantitative estimate of drug-likeness (QED) is 0.299. The molecule has 144 valence electrons. The predicted octanol–water partition coefficient (Wildman–Crippen LogP) is 6.45. The second kappa shape index (κ2) is 10.5. The molecule has 0 aliphatic rings. The topological polar surface area (TPSA) is 55.2 Å². The molecule has 0 aliphatic heterocycles. The van der Waals surface area contributed by atoms with Gasteiger partial charge >= 0.3 is 0 Å². The van der Waals surface area contributed by atoms with Crippen molar-refractivity contribution in [3.63, 3.8) is 0 Å². The van der Waals surface area contributed by atoms with Crippen LogP contribution < -0.4 is 5.43 Å². The SMILES string of the molecule is CC(O[Si](C)C)c1cccc(N=NNc2ccccc2)c1C(C)O[Si](C)C. The molecule has 0 bridgehead atoms. The molecular weight excluding hydrogens is 370 g/mol. The maximum absolute atomic E-state index is 6.17. The van der Waals surface area contributed by atoms with Crippen molar-refractivity contribution in [3.8, 4) is 0 Å². The molecular formula is C20H29N3O2Si2. The summed E-state index contributed by atoms with van der Waals surface area (Å²) in [6, 6.07) is 15.9. The summed E-state index contributed by atoms with van der Waals surface area (Å²) in [4.78, 5) is 0. The molecule has 2 aromatic carbocycles. The van der Waals surface area contributed by atoms with E-state index in [9.17, 15) is 0 Å². The summed E-state index contributed by atoms with van der Waals surface area (Å²) in [6.07, 6.45) is -0.0669. The van der Waals surface area contributed by atoms with Gasteiger partial charge in [-0.3, -0.25) is 5.43 Å². The van der Waals surface area contributed by atoms with Gasteiger partial charge in [-0.25, -0.2) is 0 Å². The summed E-state index contributed by atoms with van der Waals surface area (Å²) < 4.78 is 12.3. The maximum atomic E-state index is 6.17. The predicted molar refractivity (Wildman–Crippen MR) is 115 cm³/mol. The third-order valence-electron chi connectivity index (χ3n) is 3.90. The number of para-hydroxylation sites is 1. The Kier molecular flexibility index (Phi) is 8.36. The van der Waals surface area contributed by atoms with Crippen molar-refractivity contribution in [1.82, 2.24) is 0 Å². The molecule has 0 saturated heterocycles. The van der Waals surface area contributed by atoms with E-state index in [1.807, 2.05) is 42.5 Å². The second-order valence-corrected chi connectivity index (χ2v) is 10.9. The first-order valence-electron chi connectivity index (χ1n) is 9.16. The lowest BCUT2D eigenvalue weighted by molar-refractivity contribution is 0.207. The highest BCUT2D eigenvalue weighted by molar-refractivity contribution is 6.48. The monoisotopic (exact) mass is 399 g/mol. The lowest BCUT2D eigenvalue weighted by atomic mass is 9.98. The van der Waals surface area contributed by atoms with Crippen molar-refractivity contribution in [1.29, 1.82) is 0 Å². The average molecular weight is 400 g/mol. The Labute approximate surface area is 166 Å². The van der Waals surface area contributed by atoms with E-state index in [1.165, 1.54) is 0 Å². The Hall–Kier alpha value is -1.81. The zero-order chi connectivity index (χ0) is 19.8. The van der Waals surface area contributed by atoms with E-state index in [-0.39, 0.29) is 12.2 Å². The van der Waals surface area contributed by atoms with Gasteiger partial charge in [0.25, 0.3) is 0 Å². The minimum atomic E-state index is -0.847. The molecule has 7 heteroatoms. The van der Waals surface area contributed by atoms with Crippen LogP contribution in [0.1, 0.15) is 37.2 Å². The largest absolute Gasteiger partial charge is 0.411 e. The number of rotatable bonds is 9. The first-order valence-corrected chi connectivity index (χ1v) is 14.0. The van der Waals surface area contributed by atoms with Gasteiger partial charge in [-0.2, -0.15) is 0 Å². The van der Waals surface area contributed by atoms with Crippen LogP contribution in [0.25, 0.3) is 0 Å². The maximum Gasteiger partial charge on any atom is 0.205 e. The molecule has 0 heterocycles. The normalized spacial score (nSPS) is 14.1. The van der Waals surface area contributed by atoms with Crippen molar-refractivity contribution in [2.75, 3.05) is 5.43 Å². The van der Waals surface area contributed by atoms with Crippen molar-refractivity contribution in [2.24, 2.45) is 10.3 Å². The van der Waals surface area contributed by atoms with Gasteiger partial charge in [0.15, 0.2) is 0 Å². The average Bonchev–Trinajstić information content (AvgIpc) is 2.61. The van der Waals surface area contributed by atoms with Crippen molar-refractivity contribution in [2.45, 2.75) is 52.2 Å². The molecule has 2 radical (unpaired) electrons. The Morgan fingerprint density at radius 2 is 1.44 bits per heavy atom. The Bertz CT molecular complexity index is 739. The number of nitrogens with one attached hydrogen (secondary N) is 1. The van der Waals surface area contributed by atoms with Crippen molar-refractivity contribution >= 4 is 29.5 Å². The summed E-state index contributed by atoms with van der Waals surface area (Å²) in [7, 11) is -1.66. The lowest BCUT2D eigenvalue weighted by Crippen LogP contribution is -2.17. The molecule has 2 rings (SSSR count). The van der Waals surface area contributed by atoms with Crippen LogP contribution in [0.3, 0.4) is 0 Å². The zero-order valence-corrected chi connectivity index (χ0v) is 19.0. The molecule has 2 atom stereocenters. The summed E-state index contributed by atoms with van der Waals surface area (Å²) in [5, 5.41) is 8.64. The van der Waals surface area contributed by atoms with Crippen LogP contribution in [0.2, 0.25) is 26.2 Å². The molecule has 0 saturated carbocycles. The highest BCUT2D eigenvalue weighted by Gasteiger charge is 2.22. The van der Waals surface area contributed by atoms with Gasteiger partial charge in [0.05, 0.1) is 23.6 Å². The Balaban J connectivity index is 2.33. The Morgan fingerprint density at radius 3 is 2.07 bits per heavy atom. The van der Waals surface area contributed by atoms with E-state index in [4.69, 9.17) is 8.85 Å². The standard InChI is InChI=1S/C20H29N3O2Si2/c1-15(24-26(3)4)18-13-10-14-19(20(18)16(2)25-27(5)6)22-23-21-17-11-8-7-9-12-17/h7-16H,1-6H3,(H,21,22). The molecule has 5 nitrogen and oxygen atoms in total. The molecule has 0 fully saturated rings. The molecule has 1 N–H and O–H groups in total. The number of anilines is 1. The highest BCUT2D eigenvalue weighted by atomic mass is 28.3. The fraction of sp³-hybridized carbons (Fsp3) is 0.400. The molecule has 2 aromatic rings. The first kappa shape index (κ1) is 21.5. The van der Waals surface area contributed by atoms with Crippen LogP contribution in [0, 0.1) is 0 Å². The van der Waals surface area contributed by atoms with Crippen LogP contribution >= 0.6 is 0 Å². The van der Waals surface area contributed by atoms with Crippen LogP contribution in [0.15, 0.2) is 58.9 Å². The molecule has 0 amide bonds. The number of nitrogens with zero attached hydrogens (tertiary/aromatic N) is 2. The molecule has 0 spiro atoms. The number of hydrogen-bond acceptors (Lipinski definition) is 4. The summed E-state index contributed by atoms with van der Waals surface area (Å²) in [5.41, 5.74) is 6.86. The smallest absolute Gasteiger partial charge is 0.205 e. The lowest BCUT2D eigenvalue weighted by Gasteiger charge is -2.25. The molecule has 2 unspecified atom stereocenters. The van der Waals surface area contributed by atoms with Crippen LogP contribution in [0.5, 0.6) is 0 Å². The van der Waals surface area contributed by atoms with Gasteiger partial charge in [-0.1, -0.05) is 35.6 Å². The van der Waals surface area contributed by atoms with Gasteiger partial charge in [-0.05, 0) is 63.8 Å². The third-order valence-corrected chi connectivity index (χ3v) is 5.55. The van der Waals surface area contributed by atoms with E-state index in [2.05, 4.69) is 61.9 Å². The molecule has 0 aliphatic carbocycles. The van der Waals surface area contributed by atoms with E-state index in [0.717, 1.165) is 22.5 Å². The van der Waals surface area contributed by atoms with E-state index in [1.54, 1.807) is 0 Å². The van der Waals surface area contributed by atoms with Gasteiger partial charge in [0, 0.05) is 5.56 Å². The summed E-state index contributed by atoms with van der Waals surface area (Å²) >= 11 is 0. The van der Waals surface area contributed by atoms with Gasteiger partial charge in [0.2, 0.25) is 18.1 Å². The highest BCUT2D eigenvalue weighted by Crippen LogP contribution is 2.36. The molecule has 27 heavy (non-hydrogen) atoms. The van der Waals surface area contributed by atoms with E-state index >= 15 is 0 Å².